The molecule has 0 saturated carbocycles. The Hall–Kier alpha value is -0.0900. The predicted octanol–water partition coefficient (Wildman–Crippen LogP) is 3.07. The summed E-state index contributed by atoms with van der Waals surface area (Å²) >= 11 is 2.44. The van der Waals surface area contributed by atoms with Crippen molar-refractivity contribution in [3.63, 3.8) is 0 Å². The third kappa shape index (κ3) is 4.62. The molecule has 0 aliphatic rings. The molecule has 0 fully saturated rings. The van der Waals surface area contributed by atoms with E-state index < -0.39 is 0 Å². The Kier molecular flexibility index (Phi) is 5.39. The molecule has 0 aromatic heterocycles. The first kappa shape index (κ1) is 11.0. The molecule has 1 rings (SSSR count). The molecule has 0 N–H and O–H groups in total. The van der Waals surface area contributed by atoms with Crippen molar-refractivity contribution >= 4 is 22.6 Å². The zero-order valence-corrected chi connectivity index (χ0v) is 10.0. The van der Waals surface area contributed by atoms with E-state index in [2.05, 4.69) is 52.9 Å². The lowest BCUT2D eigenvalue weighted by Crippen LogP contribution is -2.07. The van der Waals surface area contributed by atoms with E-state index in [0.29, 0.717) is 3.92 Å². The number of alkyl halides is 1. The fourth-order valence-electron chi connectivity index (χ4n) is 1.23. The molecule has 0 radical (unpaired) electrons. The Morgan fingerprint density at radius 3 is 2.62 bits per heavy atom. The van der Waals surface area contributed by atoms with Crippen LogP contribution in [0.5, 0.6) is 0 Å². The van der Waals surface area contributed by atoms with E-state index in [1.165, 1.54) is 12.0 Å². The van der Waals surface area contributed by atoms with E-state index in [0.717, 1.165) is 13.0 Å². The maximum Gasteiger partial charge on any atom is 0.0580 e. The van der Waals surface area contributed by atoms with Crippen LogP contribution in [0.4, 0.5) is 0 Å². The Labute approximate surface area is 93.6 Å². The summed E-state index contributed by atoms with van der Waals surface area (Å²) in [6.07, 6.45) is 2.34. The van der Waals surface area contributed by atoms with Crippen LogP contribution in [0.1, 0.15) is 12.0 Å². The summed E-state index contributed by atoms with van der Waals surface area (Å²) in [6.45, 7) is 0.855. The maximum atomic E-state index is 5.08. The van der Waals surface area contributed by atoms with Crippen LogP contribution in [0.2, 0.25) is 0 Å². The molecule has 0 heterocycles. The highest BCUT2D eigenvalue weighted by molar-refractivity contribution is 14.1. The van der Waals surface area contributed by atoms with Gasteiger partial charge in [-0.1, -0.05) is 52.9 Å². The number of ether oxygens (including phenoxy) is 1. The Bertz CT molecular complexity index is 223. The monoisotopic (exact) mass is 290 g/mol. The molecule has 1 aromatic carbocycles. The van der Waals surface area contributed by atoms with Gasteiger partial charge in [-0.05, 0) is 18.4 Å². The molecule has 0 aliphatic heterocycles. The van der Waals surface area contributed by atoms with Crippen LogP contribution in [0.15, 0.2) is 30.3 Å². The molecule has 1 aromatic rings. The van der Waals surface area contributed by atoms with Crippen molar-refractivity contribution in [1.82, 2.24) is 0 Å². The summed E-state index contributed by atoms with van der Waals surface area (Å²) in [5, 5.41) is 0. The Morgan fingerprint density at radius 1 is 1.31 bits per heavy atom. The maximum absolute atomic E-state index is 5.08. The van der Waals surface area contributed by atoms with Crippen molar-refractivity contribution < 1.29 is 4.74 Å². The summed E-state index contributed by atoms with van der Waals surface area (Å²) in [6, 6.07) is 10.6. The first-order chi connectivity index (χ1) is 6.33. The van der Waals surface area contributed by atoms with Gasteiger partial charge in [0.05, 0.1) is 6.61 Å². The van der Waals surface area contributed by atoms with Gasteiger partial charge in [-0.25, -0.2) is 0 Å². The van der Waals surface area contributed by atoms with Crippen molar-refractivity contribution in [2.45, 2.75) is 16.8 Å². The number of rotatable bonds is 5. The number of halogens is 1. The molecule has 72 valence electrons. The van der Waals surface area contributed by atoms with Crippen molar-refractivity contribution in [3.8, 4) is 0 Å². The van der Waals surface area contributed by atoms with Gasteiger partial charge >= 0.3 is 0 Å². The van der Waals surface area contributed by atoms with Gasteiger partial charge in [0.1, 0.15) is 0 Å². The highest BCUT2D eigenvalue weighted by atomic mass is 127. The van der Waals surface area contributed by atoms with Gasteiger partial charge in [0.2, 0.25) is 0 Å². The van der Waals surface area contributed by atoms with Crippen molar-refractivity contribution in [2.75, 3.05) is 13.7 Å². The second-order valence-electron chi connectivity index (χ2n) is 3.08. The van der Waals surface area contributed by atoms with Crippen LogP contribution in [-0.2, 0) is 11.2 Å². The second kappa shape index (κ2) is 6.38. The molecule has 0 bridgehead atoms. The summed E-state index contributed by atoms with van der Waals surface area (Å²) in [7, 11) is 1.76. The molecule has 0 spiro atoms. The van der Waals surface area contributed by atoms with Crippen molar-refractivity contribution in [1.29, 1.82) is 0 Å². The molecule has 1 unspecified atom stereocenters. The predicted molar refractivity (Wildman–Crippen MR) is 64.4 cm³/mol. The summed E-state index contributed by atoms with van der Waals surface area (Å²) in [5.74, 6) is 0. The SMILES string of the molecule is COCC(I)CCc1ccccc1. The molecule has 1 atom stereocenters. The van der Waals surface area contributed by atoms with Gasteiger partial charge in [0.25, 0.3) is 0 Å². The number of benzene rings is 1. The normalized spacial score (nSPS) is 12.8. The van der Waals surface area contributed by atoms with Crippen molar-refractivity contribution in [2.24, 2.45) is 0 Å². The number of hydrogen-bond donors (Lipinski definition) is 0. The highest BCUT2D eigenvalue weighted by Gasteiger charge is 2.02. The largest absolute Gasteiger partial charge is 0.384 e. The van der Waals surface area contributed by atoms with E-state index in [1.807, 2.05) is 0 Å². The Balaban J connectivity index is 2.27. The molecular formula is C11H15IO. The molecule has 0 saturated heterocycles. The van der Waals surface area contributed by atoms with Gasteiger partial charge in [-0.2, -0.15) is 0 Å². The Morgan fingerprint density at radius 2 is 2.00 bits per heavy atom. The lowest BCUT2D eigenvalue weighted by Gasteiger charge is -2.07. The lowest BCUT2D eigenvalue weighted by atomic mass is 10.1. The zero-order valence-electron chi connectivity index (χ0n) is 7.87. The molecule has 0 aliphatic carbocycles. The van der Waals surface area contributed by atoms with Gasteiger partial charge in [0, 0.05) is 11.0 Å². The topological polar surface area (TPSA) is 9.23 Å². The fraction of sp³-hybridized carbons (Fsp3) is 0.455. The summed E-state index contributed by atoms with van der Waals surface area (Å²) in [5.41, 5.74) is 1.42. The summed E-state index contributed by atoms with van der Waals surface area (Å²) < 4.78 is 5.71. The van der Waals surface area contributed by atoms with Crippen LogP contribution in [0.25, 0.3) is 0 Å². The highest BCUT2D eigenvalue weighted by Crippen LogP contribution is 2.11. The number of methoxy groups -OCH3 is 1. The quantitative estimate of drug-likeness (QED) is 0.598. The van der Waals surface area contributed by atoms with E-state index in [9.17, 15) is 0 Å². The minimum absolute atomic E-state index is 0.628. The first-order valence-electron chi connectivity index (χ1n) is 4.50. The average molecular weight is 290 g/mol. The zero-order chi connectivity index (χ0) is 9.52. The van der Waals surface area contributed by atoms with Gasteiger partial charge in [-0.15, -0.1) is 0 Å². The van der Waals surface area contributed by atoms with E-state index >= 15 is 0 Å². The van der Waals surface area contributed by atoms with Crippen molar-refractivity contribution in [3.05, 3.63) is 35.9 Å². The molecule has 2 heteroatoms. The van der Waals surface area contributed by atoms with Crippen LogP contribution >= 0.6 is 22.6 Å². The third-order valence-electron chi connectivity index (χ3n) is 1.94. The van der Waals surface area contributed by atoms with Crippen LogP contribution in [0.3, 0.4) is 0 Å². The first-order valence-corrected chi connectivity index (χ1v) is 5.74. The van der Waals surface area contributed by atoms with Crippen LogP contribution in [0, 0.1) is 0 Å². The minimum Gasteiger partial charge on any atom is -0.384 e. The fourth-order valence-corrected chi connectivity index (χ4v) is 1.90. The molecule has 0 amide bonds. The summed E-state index contributed by atoms with van der Waals surface area (Å²) in [4.78, 5) is 0. The standard InChI is InChI=1S/C11H15IO/c1-13-9-11(12)8-7-10-5-3-2-4-6-10/h2-6,11H,7-9H2,1H3. The van der Waals surface area contributed by atoms with Gasteiger partial charge in [0.15, 0.2) is 0 Å². The minimum atomic E-state index is 0.628. The number of aryl methyl sites for hydroxylation is 1. The molecule has 1 nitrogen and oxygen atoms in total. The third-order valence-corrected chi connectivity index (χ3v) is 2.92. The second-order valence-corrected chi connectivity index (χ2v) is 4.84. The van der Waals surface area contributed by atoms with E-state index in [4.69, 9.17) is 4.74 Å². The van der Waals surface area contributed by atoms with Gasteiger partial charge < -0.3 is 4.74 Å². The van der Waals surface area contributed by atoms with E-state index in [1.54, 1.807) is 7.11 Å². The van der Waals surface area contributed by atoms with Crippen LogP contribution < -0.4 is 0 Å². The van der Waals surface area contributed by atoms with Crippen LogP contribution in [-0.4, -0.2) is 17.6 Å². The lowest BCUT2D eigenvalue weighted by molar-refractivity contribution is 0.200. The van der Waals surface area contributed by atoms with E-state index in [-0.39, 0.29) is 0 Å². The molecule has 13 heavy (non-hydrogen) atoms. The van der Waals surface area contributed by atoms with Gasteiger partial charge in [-0.3, -0.25) is 0 Å². The average Bonchev–Trinajstić information content (AvgIpc) is 2.17. The molecular weight excluding hydrogens is 275 g/mol. The number of hydrogen-bond acceptors (Lipinski definition) is 1. The smallest absolute Gasteiger partial charge is 0.0580 e.